The van der Waals surface area contributed by atoms with Gasteiger partial charge < -0.3 is 15.2 Å². The topological polar surface area (TPSA) is 68.3 Å². The number of nitrogens with two attached hydrogens (primary N) is 1. The molecule has 1 fully saturated rings. The molecule has 2 N–H and O–H groups in total. The fraction of sp³-hybridized carbons (Fsp3) is 0.444. The molecule has 2 aromatic rings. The third-order valence-corrected chi connectivity index (χ3v) is 5.45. The number of amides is 2. The van der Waals surface area contributed by atoms with E-state index in [1.165, 1.54) is 24.6 Å². The fourth-order valence-corrected chi connectivity index (χ4v) is 4.00. The van der Waals surface area contributed by atoms with Crippen LogP contribution in [0.2, 0.25) is 0 Å². The van der Waals surface area contributed by atoms with Crippen molar-refractivity contribution in [1.29, 1.82) is 0 Å². The quantitative estimate of drug-likeness (QED) is 0.847. The van der Waals surface area contributed by atoms with E-state index in [9.17, 15) is 9.59 Å². The molecular weight excluding hydrogens is 322 g/mol. The second kappa shape index (κ2) is 7.75. The Morgan fingerprint density at radius 2 is 1.79 bits per heavy atom. The molecule has 24 heavy (non-hydrogen) atoms. The first-order valence-corrected chi connectivity index (χ1v) is 9.40. The largest absolute Gasteiger partial charge is 0.369 e. The van der Waals surface area contributed by atoms with Gasteiger partial charge in [-0.15, -0.1) is 11.8 Å². The smallest absolute Gasteiger partial charge is 0.242 e. The zero-order valence-electron chi connectivity index (χ0n) is 13.7. The summed E-state index contributed by atoms with van der Waals surface area (Å²) in [6.45, 7) is 2.07. The van der Waals surface area contributed by atoms with Crippen molar-refractivity contribution in [2.75, 3.05) is 18.8 Å². The van der Waals surface area contributed by atoms with Crippen LogP contribution < -0.4 is 5.73 Å². The van der Waals surface area contributed by atoms with Crippen molar-refractivity contribution >= 4 is 34.5 Å². The lowest BCUT2D eigenvalue weighted by Crippen LogP contribution is -2.34. The average molecular weight is 345 g/mol. The fourth-order valence-electron chi connectivity index (χ4n) is 3.17. The highest BCUT2D eigenvalue weighted by Gasteiger charge is 2.18. The van der Waals surface area contributed by atoms with Crippen molar-refractivity contribution in [3.05, 3.63) is 30.5 Å². The van der Waals surface area contributed by atoms with Gasteiger partial charge in [0.1, 0.15) is 6.54 Å². The summed E-state index contributed by atoms with van der Waals surface area (Å²) in [5, 5.41) is 1.06. The van der Waals surface area contributed by atoms with Crippen LogP contribution in [0.5, 0.6) is 0 Å². The molecule has 1 aliphatic heterocycles. The van der Waals surface area contributed by atoms with Crippen molar-refractivity contribution in [2.24, 2.45) is 5.73 Å². The number of likely N-dealkylation sites (tertiary alicyclic amines) is 1. The molecule has 0 bridgehead atoms. The summed E-state index contributed by atoms with van der Waals surface area (Å²) in [5.41, 5.74) is 6.28. The van der Waals surface area contributed by atoms with Gasteiger partial charge in [0.15, 0.2) is 0 Å². The number of benzene rings is 1. The standard InChI is InChI=1S/C18H23N3O2S/c19-17(22)13-24-16-11-21(15-8-4-3-7-14(15)16)12-18(23)20-9-5-1-2-6-10-20/h3-4,7-8,11H,1-2,5-6,9-10,12-13H2,(H2,19,22). The Morgan fingerprint density at radius 3 is 2.50 bits per heavy atom. The second-order valence-electron chi connectivity index (χ2n) is 6.19. The maximum Gasteiger partial charge on any atom is 0.242 e. The van der Waals surface area contributed by atoms with Crippen molar-refractivity contribution in [2.45, 2.75) is 37.1 Å². The van der Waals surface area contributed by atoms with Gasteiger partial charge in [0, 0.05) is 35.1 Å². The first kappa shape index (κ1) is 16.9. The van der Waals surface area contributed by atoms with Crippen LogP contribution in [0.3, 0.4) is 0 Å². The predicted molar refractivity (Wildman–Crippen MR) is 96.9 cm³/mol. The molecule has 0 unspecified atom stereocenters. The minimum Gasteiger partial charge on any atom is -0.369 e. The van der Waals surface area contributed by atoms with E-state index in [2.05, 4.69) is 0 Å². The highest BCUT2D eigenvalue weighted by molar-refractivity contribution is 8.00. The lowest BCUT2D eigenvalue weighted by molar-refractivity contribution is -0.131. The molecule has 1 aromatic heterocycles. The van der Waals surface area contributed by atoms with Gasteiger partial charge >= 0.3 is 0 Å². The highest BCUT2D eigenvalue weighted by atomic mass is 32.2. The van der Waals surface area contributed by atoms with Gasteiger partial charge in [-0.1, -0.05) is 31.0 Å². The third-order valence-electron chi connectivity index (χ3n) is 4.39. The number of carbonyl (C=O) groups excluding carboxylic acids is 2. The summed E-state index contributed by atoms with van der Waals surface area (Å²) in [6.07, 6.45) is 6.58. The highest BCUT2D eigenvalue weighted by Crippen LogP contribution is 2.30. The van der Waals surface area contributed by atoms with Crippen LogP contribution in [0.25, 0.3) is 10.9 Å². The summed E-state index contributed by atoms with van der Waals surface area (Å²) in [6, 6.07) is 7.97. The van der Waals surface area contributed by atoms with Crippen LogP contribution in [-0.4, -0.2) is 40.1 Å². The lowest BCUT2D eigenvalue weighted by atomic mass is 10.2. The van der Waals surface area contributed by atoms with Gasteiger partial charge in [0.25, 0.3) is 0 Å². The molecule has 1 aliphatic rings. The Bertz CT molecular complexity index is 733. The van der Waals surface area contributed by atoms with Crippen molar-refractivity contribution in [3.8, 4) is 0 Å². The molecular formula is C18H23N3O2S. The number of para-hydroxylation sites is 1. The van der Waals surface area contributed by atoms with Crippen LogP contribution in [0.15, 0.2) is 35.4 Å². The van der Waals surface area contributed by atoms with Gasteiger partial charge in [-0.25, -0.2) is 0 Å². The molecule has 0 radical (unpaired) electrons. The zero-order chi connectivity index (χ0) is 16.9. The van der Waals surface area contributed by atoms with Crippen LogP contribution >= 0.6 is 11.8 Å². The summed E-state index contributed by atoms with van der Waals surface area (Å²) in [7, 11) is 0. The van der Waals surface area contributed by atoms with Gasteiger partial charge in [-0.3, -0.25) is 9.59 Å². The zero-order valence-corrected chi connectivity index (χ0v) is 14.6. The molecule has 5 nitrogen and oxygen atoms in total. The predicted octanol–water partition coefficient (Wildman–Crippen LogP) is 2.62. The first-order chi connectivity index (χ1) is 11.6. The van der Waals surface area contributed by atoms with E-state index in [-0.39, 0.29) is 17.6 Å². The molecule has 0 atom stereocenters. The molecule has 128 valence electrons. The van der Waals surface area contributed by atoms with Gasteiger partial charge in [-0.05, 0) is 18.9 Å². The van der Waals surface area contributed by atoms with Crippen LogP contribution in [-0.2, 0) is 16.1 Å². The normalized spacial score (nSPS) is 15.4. The Labute approximate surface area is 146 Å². The number of nitrogens with zero attached hydrogens (tertiary/aromatic N) is 2. The minimum atomic E-state index is -0.336. The second-order valence-corrected chi connectivity index (χ2v) is 7.21. The molecule has 3 rings (SSSR count). The summed E-state index contributed by atoms with van der Waals surface area (Å²) >= 11 is 1.42. The Balaban J connectivity index is 1.80. The molecule has 2 amide bonds. The van der Waals surface area contributed by atoms with Crippen LogP contribution in [0, 0.1) is 0 Å². The van der Waals surface area contributed by atoms with Gasteiger partial charge in [-0.2, -0.15) is 0 Å². The number of fused-ring (bicyclic) bond motifs is 1. The van der Waals surface area contributed by atoms with Crippen molar-refractivity contribution in [1.82, 2.24) is 9.47 Å². The summed E-state index contributed by atoms with van der Waals surface area (Å²) in [5.74, 6) is 0.0789. The first-order valence-electron chi connectivity index (χ1n) is 8.42. The molecule has 6 heteroatoms. The number of thioether (sulfide) groups is 1. The van der Waals surface area contributed by atoms with Crippen molar-refractivity contribution < 1.29 is 9.59 Å². The number of hydrogen-bond acceptors (Lipinski definition) is 3. The van der Waals surface area contributed by atoms with E-state index in [0.29, 0.717) is 6.54 Å². The molecule has 0 aliphatic carbocycles. The monoisotopic (exact) mass is 345 g/mol. The van der Waals surface area contributed by atoms with Gasteiger partial charge in [0.2, 0.25) is 11.8 Å². The Kier molecular flexibility index (Phi) is 5.45. The van der Waals surface area contributed by atoms with E-state index in [1.54, 1.807) is 0 Å². The maximum atomic E-state index is 12.7. The van der Waals surface area contributed by atoms with Crippen LogP contribution in [0.4, 0.5) is 0 Å². The number of carbonyl (C=O) groups is 2. The van der Waals surface area contributed by atoms with E-state index >= 15 is 0 Å². The van der Waals surface area contributed by atoms with E-state index in [4.69, 9.17) is 5.73 Å². The van der Waals surface area contributed by atoms with E-state index in [0.717, 1.165) is 41.7 Å². The summed E-state index contributed by atoms with van der Waals surface area (Å²) in [4.78, 5) is 26.7. The number of hydrogen-bond donors (Lipinski definition) is 1. The molecule has 1 saturated heterocycles. The average Bonchev–Trinajstić information content (AvgIpc) is 2.76. The number of primary amides is 1. The molecule has 0 spiro atoms. The SMILES string of the molecule is NC(=O)CSc1cn(CC(=O)N2CCCCCC2)c2ccccc12. The van der Waals surface area contributed by atoms with E-state index < -0.39 is 0 Å². The summed E-state index contributed by atoms with van der Waals surface area (Å²) < 4.78 is 1.99. The third kappa shape index (κ3) is 3.93. The maximum absolute atomic E-state index is 12.7. The lowest BCUT2D eigenvalue weighted by Gasteiger charge is -2.20. The number of aromatic nitrogens is 1. The van der Waals surface area contributed by atoms with Crippen molar-refractivity contribution in [3.63, 3.8) is 0 Å². The Hall–Kier alpha value is -1.95. The van der Waals surface area contributed by atoms with Gasteiger partial charge in [0.05, 0.1) is 5.75 Å². The number of rotatable bonds is 5. The molecule has 1 aromatic carbocycles. The van der Waals surface area contributed by atoms with E-state index in [1.807, 2.05) is 39.9 Å². The van der Waals surface area contributed by atoms with Crippen LogP contribution in [0.1, 0.15) is 25.7 Å². The Morgan fingerprint density at radius 1 is 1.08 bits per heavy atom. The molecule has 0 saturated carbocycles. The molecule has 2 heterocycles. The minimum absolute atomic E-state index is 0.170.